The smallest absolute Gasteiger partial charge is 0.408 e. The first-order valence-electron chi connectivity index (χ1n) is 5.56. The van der Waals surface area contributed by atoms with Crippen LogP contribution in [-0.4, -0.2) is 47.9 Å². The van der Waals surface area contributed by atoms with Crippen LogP contribution < -0.4 is 5.32 Å². The number of carbonyl (C=O) groups excluding carboxylic acids is 2. The van der Waals surface area contributed by atoms with Crippen molar-refractivity contribution in [1.82, 2.24) is 5.32 Å². The molecule has 0 aromatic heterocycles. The summed E-state index contributed by atoms with van der Waals surface area (Å²) in [6.07, 6.45) is -0.988. The number of aliphatic hydroxyl groups excluding tert-OH is 1. The molecule has 2 atom stereocenters. The van der Waals surface area contributed by atoms with E-state index in [-0.39, 0.29) is 25.4 Å². The summed E-state index contributed by atoms with van der Waals surface area (Å²) in [7, 11) is 0. The number of carbonyl (C=O) groups is 2. The quantitative estimate of drug-likeness (QED) is 0.727. The normalized spacial score (nSPS) is 25.5. The fourth-order valence-corrected chi connectivity index (χ4v) is 1.44. The minimum Gasteiger partial charge on any atom is -0.444 e. The molecule has 1 heterocycles. The van der Waals surface area contributed by atoms with Crippen molar-refractivity contribution in [3.8, 4) is 0 Å². The second kappa shape index (κ2) is 5.46. The standard InChI is InChI=1S/C11H19NO5/c1-11(2,3)17-10(15)12-8-6-16-7(5-13)4-9(8)14/h7-8,13H,4-6H2,1-3H3,(H,12,15). The van der Waals surface area contributed by atoms with Gasteiger partial charge in [-0.3, -0.25) is 4.79 Å². The zero-order chi connectivity index (χ0) is 13.1. The molecule has 6 heteroatoms. The van der Waals surface area contributed by atoms with Crippen LogP contribution in [0.2, 0.25) is 0 Å². The molecule has 2 unspecified atom stereocenters. The Balaban J connectivity index is 2.42. The van der Waals surface area contributed by atoms with Crippen molar-refractivity contribution in [2.45, 2.75) is 44.9 Å². The van der Waals surface area contributed by atoms with Gasteiger partial charge in [-0.15, -0.1) is 0 Å². The van der Waals surface area contributed by atoms with Crippen molar-refractivity contribution >= 4 is 11.9 Å². The van der Waals surface area contributed by atoms with E-state index in [2.05, 4.69) is 5.32 Å². The molecule has 0 aliphatic carbocycles. The van der Waals surface area contributed by atoms with E-state index in [0.29, 0.717) is 0 Å². The van der Waals surface area contributed by atoms with Crippen LogP contribution in [0.25, 0.3) is 0 Å². The fourth-order valence-electron chi connectivity index (χ4n) is 1.44. The number of alkyl carbamates (subject to hydrolysis) is 1. The van der Waals surface area contributed by atoms with E-state index in [9.17, 15) is 9.59 Å². The maximum atomic E-state index is 11.6. The van der Waals surface area contributed by atoms with E-state index in [1.54, 1.807) is 20.8 Å². The van der Waals surface area contributed by atoms with Gasteiger partial charge in [-0.05, 0) is 20.8 Å². The van der Waals surface area contributed by atoms with Crippen LogP contribution in [0, 0.1) is 0 Å². The lowest BCUT2D eigenvalue weighted by Gasteiger charge is -2.28. The van der Waals surface area contributed by atoms with E-state index in [1.165, 1.54) is 0 Å². The monoisotopic (exact) mass is 245 g/mol. The molecule has 0 radical (unpaired) electrons. The van der Waals surface area contributed by atoms with E-state index < -0.39 is 23.8 Å². The van der Waals surface area contributed by atoms with Crippen molar-refractivity contribution in [2.24, 2.45) is 0 Å². The third-order valence-corrected chi connectivity index (χ3v) is 2.21. The zero-order valence-electron chi connectivity index (χ0n) is 10.4. The average molecular weight is 245 g/mol. The molecule has 17 heavy (non-hydrogen) atoms. The van der Waals surface area contributed by atoms with Crippen LogP contribution in [0.3, 0.4) is 0 Å². The van der Waals surface area contributed by atoms with Crippen molar-refractivity contribution in [1.29, 1.82) is 0 Å². The van der Waals surface area contributed by atoms with E-state index in [1.807, 2.05) is 0 Å². The molecule has 1 amide bonds. The molecule has 1 fully saturated rings. The molecule has 98 valence electrons. The lowest BCUT2D eigenvalue weighted by Crippen LogP contribution is -2.50. The number of hydrogen-bond donors (Lipinski definition) is 2. The summed E-state index contributed by atoms with van der Waals surface area (Å²) in [5.41, 5.74) is -0.601. The molecule has 2 N–H and O–H groups in total. The maximum absolute atomic E-state index is 11.6. The number of ketones is 1. The molecule has 0 bridgehead atoms. The van der Waals surface area contributed by atoms with Gasteiger partial charge in [0.15, 0.2) is 5.78 Å². The molecule has 1 aliphatic heterocycles. The molecule has 0 spiro atoms. The molecule has 0 aromatic carbocycles. The Kier molecular flexibility index (Phi) is 4.47. The summed E-state index contributed by atoms with van der Waals surface area (Å²) in [6, 6.07) is -0.687. The van der Waals surface area contributed by atoms with Gasteiger partial charge in [0.25, 0.3) is 0 Å². The Labute approximate surface area is 100 Å². The summed E-state index contributed by atoms with van der Waals surface area (Å²) in [5.74, 6) is -0.152. The van der Waals surface area contributed by atoms with Gasteiger partial charge in [0.05, 0.1) is 19.3 Å². The summed E-state index contributed by atoms with van der Waals surface area (Å²) >= 11 is 0. The second-order valence-electron chi connectivity index (χ2n) is 5.01. The largest absolute Gasteiger partial charge is 0.444 e. The lowest BCUT2D eigenvalue weighted by molar-refractivity contribution is -0.134. The highest BCUT2D eigenvalue weighted by Gasteiger charge is 2.31. The van der Waals surface area contributed by atoms with Gasteiger partial charge in [0, 0.05) is 6.42 Å². The van der Waals surface area contributed by atoms with Crippen molar-refractivity contribution < 1.29 is 24.2 Å². The van der Waals surface area contributed by atoms with Gasteiger partial charge in [0.2, 0.25) is 0 Å². The molecule has 0 aromatic rings. The van der Waals surface area contributed by atoms with Gasteiger partial charge in [-0.1, -0.05) is 0 Å². The van der Waals surface area contributed by atoms with Crippen molar-refractivity contribution in [2.75, 3.05) is 13.2 Å². The fraction of sp³-hybridized carbons (Fsp3) is 0.818. The highest BCUT2D eigenvalue weighted by molar-refractivity contribution is 5.88. The molecular formula is C11H19NO5. The number of ether oxygens (including phenoxy) is 2. The first-order valence-corrected chi connectivity index (χ1v) is 5.56. The third-order valence-electron chi connectivity index (χ3n) is 2.21. The lowest BCUT2D eigenvalue weighted by atomic mass is 10.0. The Morgan fingerprint density at radius 1 is 1.59 bits per heavy atom. The molecule has 0 saturated carbocycles. The van der Waals surface area contributed by atoms with Gasteiger partial charge < -0.3 is 19.9 Å². The number of rotatable bonds is 2. The minimum absolute atomic E-state index is 0.0727. The van der Waals surface area contributed by atoms with Crippen LogP contribution in [0.1, 0.15) is 27.2 Å². The number of amides is 1. The van der Waals surface area contributed by atoms with Crippen LogP contribution in [0.15, 0.2) is 0 Å². The topological polar surface area (TPSA) is 84.9 Å². The van der Waals surface area contributed by atoms with Crippen LogP contribution in [-0.2, 0) is 14.3 Å². The van der Waals surface area contributed by atoms with Crippen molar-refractivity contribution in [3.63, 3.8) is 0 Å². The average Bonchev–Trinajstić information content (AvgIpc) is 2.18. The van der Waals surface area contributed by atoms with E-state index in [0.717, 1.165) is 0 Å². The summed E-state index contributed by atoms with van der Waals surface area (Å²) in [6.45, 7) is 5.11. The molecular weight excluding hydrogens is 226 g/mol. The van der Waals surface area contributed by atoms with Gasteiger partial charge >= 0.3 is 6.09 Å². The Bertz CT molecular complexity index is 297. The number of aliphatic hydroxyl groups is 1. The number of nitrogens with one attached hydrogen (secondary N) is 1. The summed E-state index contributed by atoms with van der Waals surface area (Å²) in [4.78, 5) is 23.0. The summed E-state index contributed by atoms with van der Waals surface area (Å²) < 4.78 is 10.2. The molecule has 1 saturated heterocycles. The Morgan fingerprint density at radius 3 is 2.71 bits per heavy atom. The third kappa shape index (κ3) is 4.70. The van der Waals surface area contributed by atoms with Crippen molar-refractivity contribution in [3.05, 3.63) is 0 Å². The number of hydrogen-bond acceptors (Lipinski definition) is 5. The van der Waals surface area contributed by atoms with Gasteiger partial charge in [0.1, 0.15) is 11.6 Å². The first kappa shape index (κ1) is 13.9. The molecule has 6 nitrogen and oxygen atoms in total. The highest BCUT2D eigenvalue weighted by atomic mass is 16.6. The molecule has 1 aliphatic rings. The van der Waals surface area contributed by atoms with Crippen LogP contribution in [0.4, 0.5) is 4.79 Å². The van der Waals surface area contributed by atoms with Gasteiger partial charge in [-0.25, -0.2) is 4.79 Å². The second-order valence-corrected chi connectivity index (χ2v) is 5.01. The SMILES string of the molecule is CC(C)(C)OC(=O)NC1COC(CO)CC1=O. The molecule has 1 rings (SSSR count). The Hall–Kier alpha value is -1.14. The van der Waals surface area contributed by atoms with Crippen LogP contribution >= 0.6 is 0 Å². The van der Waals surface area contributed by atoms with Gasteiger partial charge in [-0.2, -0.15) is 0 Å². The summed E-state index contributed by atoms with van der Waals surface area (Å²) in [5, 5.41) is 11.3. The predicted molar refractivity (Wildman–Crippen MR) is 59.6 cm³/mol. The maximum Gasteiger partial charge on any atom is 0.408 e. The first-order chi connectivity index (χ1) is 7.81. The highest BCUT2D eigenvalue weighted by Crippen LogP contribution is 2.11. The zero-order valence-corrected chi connectivity index (χ0v) is 10.4. The van der Waals surface area contributed by atoms with E-state index in [4.69, 9.17) is 14.6 Å². The predicted octanol–water partition coefficient (Wildman–Crippen LogP) is 0.230. The Morgan fingerprint density at radius 2 is 2.24 bits per heavy atom. The number of Topliss-reactive ketones (excluding diaryl/α,β-unsaturated/α-hetero) is 1. The van der Waals surface area contributed by atoms with Crippen LogP contribution in [0.5, 0.6) is 0 Å². The minimum atomic E-state index is -0.687. The van der Waals surface area contributed by atoms with E-state index >= 15 is 0 Å².